The molecule has 2 heterocycles. The maximum atomic E-state index is 12.9. The van der Waals surface area contributed by atoms with Gasteiger partial charge in [0, 0.05) is 36.4 Å². The topological polar surface area (TPSA) is 75.2 Å². The Bertz CT molecular complexity index is 939. The molecule has 27 heavy (non-hydrogen) atoms. The first-order valence-corrected chi connectivity index (χ1v) is 8.99. The molecule has 0 saturated heterocycles. The van der Waals surface area contributed by atoms with Gasteiger partial charge < -0.3 is 10.2 Å². The maximum Gasteiger partial charge on any atom is 0.252 e. The number of likely N-dealkylation sites (N-methyl/N-ethyl adjacent to an activating group) is 1. The molecule has 0 spiro atoms. The van der Waals surface area contributed by atoms with Crippen LogP contribution >= 0.6 is 0 Å². The Hall–Kier alpha value is -3.28. The van der Waals surface area contributed by atoms with E-state index >= 15 is 0 Å². The second kappa shape index (κ2) is 8.40. The minimum atomic E-state index is -0.830. The lowest BCUT2D eigenvalue weighted by Gasteiger charge is -2.25. The highest BCUT2D eigenvalue weighted by molar-refractivity contribution is 6.00. The van der Waals surface area contributed by atoms with E-state index in [2.05, 4.69) is 15.3 Å². The van der Waals surface area contributed by atoms with Crippen molar-refractivity contribution in [2.24, 2.45) is 0 Å². The van der Waals surface area contributed by atoms with Crippen LogP contribution in [-0.4, -0.2) is 39.8 Å². The van der Waals surface area contributed by atoms with Gasteiger partial charge in [-0.15, -0.1) is 0 Å². The van der Waals surface area contributed by atoms with Crippen molar-refractivity contribution in [2.75, 3.05) is 13.1 Å². The zero-order valence-electron chi connectivity index (χ0n) is 15.4. The van der Waals surface area contributed by atoms with Gasteiger partial charge in [0.15, 0.2) is 6.04 Å². The van der Waals surface area contributed by atoms with Crippen molar-refractivity contribution in [3.63, 3.8) is 0 Å². The predicted octanol–water partition coefficient (Wildman–Crippen LogP) is 2.97. The molecule has 0 saturated carbocycles. The fraction of sp³-hybridized carbons (Fsp3) is 0.238. The van der Waals surface area contributed by atoms with E-state index in [4.69, 9.17) is 0 Å². The van der Waals surface area contributed by atoms with Gasteiger partial charge >= 0.3 is 0 Å². The molecule has 2 amide bonds. The summed E-state index contributed by atoms with van der Waals surface area (Å²) in [7, 11) is 0. The Morgan fingerprint density at radius 2 is 1.78 bits per heavy atom. The Morgan fingerprint density at radius 1 is 1.00 bits per heavy atom. The molecule has 0 radical (unpaired) electrons. The SMILES string of the molecule is CCN(CC)C(=O)C(NC(=O)c1ccc2ncccc2c1)c1ccccn1. The number of carbonyl (C=O) groups is 2. The first kappa shape index (κ1) is 18.5. The number of fused-ring (bicyclic) bond motifs is 1. The van der Waals surface area contributed by atoms with Gasteiger partial charge in [0.1, 0.15) is 0 Å². The monoisotopic (exact) mass is 362 g/mol. The van der Waals surface area contributed by atoms with Gasteiger partial charge in [-0.25, -0.2) is 0 Å². The van der Waals surface area contributed by atoms with Gasteiger partial charge in [-0.2, -0.15) is 0 Å². The summed E-state index contributed by atoms with van der Waals surface area (Å²) in [6, 6.07) is 13.5. The lowest BCUT2D eigenvalue weighted by atomic mass is 10.1. The number of hydrogen-bond donors (Lipinski definition) is 1. The normalized spacial score (nSPS) is 11.8. The van der Waals surface area contributed by atoms with Crippen molar-refractivity contribution in [3.8, 4) is 0 Å². The molecule has 3 aromatic rings. The van der Waals surface area contributed by atoms with Crippen LogP contribution in [0, 0.1) is 0 Å². The zero-order valence-corrected chi connectivity index (χ0v) is 15.4. The first-order chi connectivity index (χ1) is 13.1. The average molecular weight is 362 g/mol. The van der Waals surface area contributed by atoms with Crippen LogP contribution in [0.2, 0.25) is 0 Å². The van der Waals surface area contributed by atoms with E-state index in [0.29, 0.717) is 24.3 Å². The number of pyridine rings is 2. The number of amides is 2. The molecule has 3 rings (SSSR count). The lowest BCUT2D eigenvalue weighted by Crippen LogP contribution is -2.43. The Balaban J connectivity index is 1.90. The molecule has 0 aliphatic rings. The molecular weight excluding hydrogens is 340 g/mol. The molecule has 0 aliphatic carbocycles. The summed E-state index contributed by atoms with van der Waals surface area (Å²) in [4.78, 5) is 36.0. The summed E-state index contributed by atoms with van der Waals surface area (Å²) in [5.41, 5.74) is 1.81. The van der Waals surface area contributed by atoms with Gasteiger partial charge in [-0.05, 0) is 50.2 Å². The molecule has 0 bridgehead atoms. The molecule has 1 aromatic carbocycles. The van der Waals surface area contributed by atoms with E-state index in [9.17, 15) is 9.59 Å². The van der Waals surface area contributed by atoms with E-state index in [1.165, 1.54) is 0 Å². The number of nitrogens with one attached hydrogen (secondary N) is 1. The third-order valence-corrected chi connectivity index (χ3v) is 4.45. The Kier molecular flexibility index (Phi) is 5.76. The van der Waals surface area contributed by atoms with Crippen LogP contribution in [0.4, 0.5) is 0 Å². The number of carbonyl (C=O) groups excluding carboxylic acids is 2. The molecule has 6 nitrogen and oxygen atoms in total. The van der Waals surface area contributed by atoms with E-state index < -0.39 is 6.04 Å². The molecule has 6 heteroatoms. The minimum absolute atomic E-state index is 0.172. The van der Waals surface area contributed by atoms with E-state index in [1.54, 1.807) is 53.7 Å². The fourth-order valence-corrected chi connectivity index (χ4v) is 2.96. The van der Waals surface area contributed by atoms with E-state index in [0.717, 1.165) is 10.9 Å². The smallest absolute Gasteiger partial charge is 0.252 e. The van der Waals surface area contributed by atoms with E-state index in [1.807, 2.05) is 26.0 Å². The molecule has 1 N–H and O–H groups in total. The highest BCUT2D eigenvalue weighted by Gasteiger charge is 2.27. The second-order valence-electron chi connectivity index (χ2n) is 6.08. The maximum absolute atomic E-state index is 12.9. The van der Waals surface area contributed by atoms with Gasteiger partial charge in [-0.1, -0.05) is 12.1 Å². The molecule has 0 aliphatic heterocycles. The van der Waals surface area contributed by atoms with Crippen molar-refractivity contribution in [1.29, 1.82) is 0 Å². The number of hydrogen-bond acceptors (Lipinski definition) is 4. The molecular formula is C21H22N4O2. The van der Waals surface area contributed by atoms with Crippen LogP contribution in [0.25, 0.3) is 10.9 Å². The van der Waals surface area contributed by atoms with Crippen LogP contribution in [0.3, 0.4) is 0 Å². The van der Waals surface area contributed by atoms with Crippen LogP contribution < -0.4 is 5.32 Å². The molecule has 2 aromatic heterocycles. The fourth-order valence-electron chi connectivity index (χ4n) is 2.96. The van der Waals surface area contributed by atoms with Crippen molar-refractivity contribution < 1.29 is 9.59 Å². The molecule has 1 unspecified atom stereocenters. The van der Waals surface area contributed by atoms with Gasteiger partial charge in [0.25, 0.3) is 11.8 Å². The van der Waals surface area contributed by atoms with Crippen LogP contribution in [0.5, 0.6) is 0 Å². The molecule has 138 valence electrons. The second-order valence-corrected chi connectivity index (χ2v) is 6.08. The average Bonchev–Trinajstić information content (AvgIpc) is 2.72. The highest BCUT2D eigenvalue weighted by atomic mass is 16.2. The largest absolute Gasteiger partial charge is 0.341 e. The summed E-state index contributed by atoms with van der Waals surface area (Å²) in [5, 5.41) is 3.72. The molecule has 0 fully saturated rings. The minimum Gasteiger partial charge on any atom is -0.341 e. The van der Waals surface area contributed by atoms with Crippen molar-refractivity contribution in [1.82, 2.24) is 20.2 Å². The van der Waals surface area contributed by atoms with Gasteiger partial charge in [-0.3, -0.25) is 19.6 Å². The summed E-state index contributed by atoms with van der Waals surface area (Å²) >= 11 is 0. The number of benzene rings is 1. The van der Waals surface area contributed by atoms with Crippen LogP contribution in [-0.2, 0) is 4.79 Å². The summed E-state index contributed by atoms with van der Waals surface area (Å²) in [6.07, 6.45) is 3.33. The third-order valence-electron chi connectivity index (χ3n) is 4.45. The van der Waals surface area contributed by atoms with Crippen LogP contribution in [0.15, 0.2) is 60.9 Å². The summed E-state index contributed by atoms with van der Waals surface area (Å²) in [5.74, 6) is -0.494. The quantitative estimate of drug-likeness (QED) is 0.731. The van der Waals surface area contributed by atoms with Crippen molar-refractivity contribution in [3.05, 3.63) is 72.2 Å². The van der Waals surface area contributed by atoms with Crippen molar-refractivity contribution >= 4 is 22.7 Å². The molecule has 1 atom stereocenters. The highest BCUT2D eigenvalue weighted by Crippen LogP contribution is 2.17. The third kappa shape index (κ3) is 4.11. The van der Waals surface area contributed by atoms with Gasteiger partial charge in [0.05, 0.1) is 11.2 Å². The summed E-state index contributed by atoms with van der Waals surface area (Å²) in [6.45, 7) is 4.95. The number of aromatic nitrogens is 2. The van der Waals surface area contributed by atoms with E-state index in [-0.39, 0.29) is 11.8 Å². The lowest BCUT2D eigenvalue weighted by molar-refractivity contribution is -0.133. The summed E-state index contributed by atoms with van der Waals surface area (Å²) < 4.78 is 0. The first-order valence-electron chi connectivity index (χ1n) is 8.99. The standard InChI is InChI=1S/C21H22N4O2/c1-3-25(4-2)21(27)19(18-9-5-6-12-23-18)24-20(26)16-10-11-17-15(14-16)8-7-13-22-17/h5-14,19H,3-4H2,1-2H3,(H,24,26). The predicted molar refractivity (Wildman–Crippen MR) is 104 cm³/mol. The number of nitrogens with zero attached hydrogens (tertiary/aromatic N) is 3. The zero-order chi connectivity index (χ0) is 19.2. The van der Waals surface area contributed by atoms with Crippen LogP contribution in [0.1, 0.15) is 35.9 Å². The Labute approximate surface area is 158 Å². The number of rotatable bonds is 6. The Morgan fingerprint density at radius 3 is 2.48 bits per heavy atom. The van der Waals surface area contributed by atoms with Gasteiger partial charge in [0.2, 0.25) is 0 Å². The van der Waals surface area contributed by atoms with Crippen molar-refractivity contribution in [2.45, 2.75) is 19.9 Å².